The summed E-state index contributed by atoms with van der Waals surface area (Å²) in [6.07, 6.45) is 3.33. The molecule has 1 aromatic heterocycles. The van der Waals surface area contributed by atoms with Crippen molar-refractivity contribution < 1.29 is 0 Å². The molecule has 2 aromatic rings. The molecule has 5 nitrogen and oxygen atoms in total. The summed E-state index contributed by atoms with van der Waals surface area (Å²) in [5.74, 6) is 0. The van der Waals surface area contributed by atoms with Crippen molar-refractivity contribution in [1.82, 2.24) is 4.98 Å². The summed E-state index contributed by atoms with van der Waals surface area (Å²) in [4.78, 5) is 8.66. The van der Waals surface area contributed by atoms with Crippen LogP contribution in [0, 0.1) is 6.92 Å². The lowest BCUT2D eigenvalue weighted by Gasteiger charge is -2.38. The third kappa shape index (κ3) is 2.72. The molecule has 0 unspecified atom stereocenters. The van der Waals surface area contributed by atoms with E-state index in [4.69, 9.17) is 11.5 Å². The molecule has 1 aliphatic heterocycles. The highest BCUT2D eigenvalue weighted by atomic mass is 15.3. The highest BCUT2D eigenvalue weighted by molar-refractivity contribution is 5.79. The second-order valence-electron chi connectivity index (χ2n) is 5.48. The predicted molar refractivity (Wildman–Crippen MR) is 88.7 cm³/mol. The van der Waals surface area contributed by atoms with E-state index in [2.05, 4.69) is 46.0 Å². The normalized spacial score (nSPS) is 15.3. The smallest absolute Gasteiger partial charge is 0.0866 e. The number of nitrogens with zero attached hydrogens (tertiary/aromatic N) is 3. The number of anilines is 4. The van der Waals surface area contributed by atoms with Gasteiger partial charge in [-0.2, -0.15) is 0 Å². The molecule has 110 valence electrons. The monoisotopic (exact) mass is 283 g/mol. The van der Waals surface area contributed by atoms with E-state index < -0.39 is 0 Å². The van der Waals surface area contributed by atoms with Gasteiger partial charge in [-0.15, -0.1) is 0 Å². The molecule has 0 bridgehead atoms. The fourth-order valence-corrected chi connectivity index (χ4v) is 2.80. The van der Waals surface area contributed by atoms with Crippen molar-refractivity contribution in [3.63, 3.8) is 0 Å². The lowest BCUT2D eigenvalue weighted by atomic mass is 10.2. The second kappa shape index (κ2) is 5.52. The first-order valence-corrected chi connectivity index (χ1v) is 7.20. The Labute approximate surface area is 125 Å². The summed E-state index contributed by atoms with van der Waals surface area (Å²) < 4.78 is 0. The minimum absolute atomic E-state index is 0.652. The van der Waals surface area contributed by atoms with Gasteiger partial charge in [0.05, 0.1) is 29.5 Å². The number of aromatic nitrogens is 1. The summed E-state index contributed by atoms with van der Waals surface area (Å²) in [5.41, 5.74) is 16.8. The third-order valence-corrected chi connectivity index (χ3v) is 3.97. The molecule has 0 radical (unpaired) electrons. The Morgan fingerprint density at radius 2 is 1.38 bits per heavy atom. The van der Waals surface area contributed by atoms with Crippen LogP contribution >= 0.6 is 0 Å². The molecule has 0 spiro atoms. The van der Waals surface area contributed by atoms with E-state index in [-0.39, 0.29) is 0 Å². The molecule has 2 heterocycles. The van der Waals surface area contributed by atoms with Crippen molar-refractivity contribution in [2.45, 2.75) is 6.92 Å². The number of aryl methyl sites for hydroxylation is 1. The molecule has 4 N–H and O–H groups in total. The molecule has 0 saturated carbocycles. The van der Waals surface area contributed by atoms with Gasteiger partial charge in [-0.1, -0.05) is 17.7 Å². The average molecular weight is 283 g/mol. The van der Waals surface area contributed by atoms with Crippen LogP contribution in [0.15, 0.2) is 36.7 Å². The maximum Gasteiger partial charge on any atom is 0.0866 e. The summed E-state index contributed by atoms with van der Waals surface area (Å²) in [6, 6.07) is 8.67. The number of nitrogen functional groups attached to an aromatic ring is 2. The van der Waals surface area contributed by atoms with E-state index in [1.54, 1.807) is 12.4 Å². The first kappa shape index (κ1) is 13.5. The molecule has 0 amide bonds. The lowest BCUT2D eigenvalue weighted by Crippen LogP contribution is -2.47. The van der Waals surface area contributed by atoms with Gasteiger partial charge in [0.25, 0.3) is 0 Å². The van der Waals surface area contributed by atoms with E-state index in [0.29, 0.717) is 11.4 Å². The van der Waals surface area contributed by atoms with E-state index in [0.717, 1.165) is 31.9 Å². The van der Waals surface area contributed by atoms with E-state index in [9.17, 15) is 0 Å². The van der Waals surface area contributed by atoms with Crippen molar-refractivity contribution in [2.24, 2.45) is 0 Å². The highest BCUT2D eigenvalue weighted by Gasteiger charge is 2.20. The van der Waals surface area contributed by atoms with Crippen molar-refractivity contribution in [3.8, 4) is 0 Å². The van der Waals surface area contributed by atoms with Gasteiger partial charge >= 0.3 is 0 Å². The molecular formula is C16H21N5. The van der Waals surface area contributed by atoms with Gasteiger partial charge in [0.15, 0.2) is 0 Å². The van der Waals surface area contributed by atoms with Crippen molar-refractivity contribution in [1.29, 1.82) is 0 Å². The SMILES string of the molecule is Cc1ccc(N2CCN(c3c(N)cncc3N)CC2)cc1. The summed E-state index contributed by atoms with van der Waals surface area (Å²) in [5, 5.41) is 0. The van der Waals surface area contributed by atoms with Crippen molar-refractivity contribution in [2.75, 3.05) is 47.4 Å². The van der Waals surface area contributed by atoms with Gasteiger partial charge in [-0.25, -0.2) is 0 Å². The van der Waals surface area contributed by atoms with Crippen molar-refractivity contribution >= 4 is 22.7 Å². The maximum atomic E-state index is 6.02. The Bertz CT molecular complexity index is 595. The number of rotatable bonds is 2. The minimum Gasteiger partial charge on any atom is -0.396 e. The number of piperazine rings is 1. The van der Waals surface area contributed by atoms with Crippen LogP contribution in [0.25, 0.3) is 0 Å². The van der Waals surface area contributed by atoms with Gasteiger partial charge in [-0.05, 0) is 19.1 Å². The first-order valence-electron chi connectivity index (χ1n) is 7.20. The molecule has 1 aliphatic rings. The fourth-order valence-electron chi connectivity index (χ4n) is 2.80. The van der Waals surface area contributed by atoms with Gasteiger partial charge in [0, 0.05) is 31.9 Å². The number of benzene rings is 1. The zero-order valence-electron chi connectivity index (χ0n) is 12.3. The van der Waals surface area contributed by atoms with E-state index in [1.807, 2.05) is 0 Å². The molecule has 0 aliphatic carbocycles. The van der Waals surface area contributed by atoms with Gasteiger partial charge in [0.1, 0.15) is 0 Å². The quantitative estimate of drug-likeness (QED) is 0.880. The topological polar surface area (TPSA) is 71.4 Å². The number of pyridine rings is 1. The number of hydrogen-bond acceptors (Lipinski definition) is 5. The molecule has 21 heavy (non-hydrogen) atoms. The van der Waals surface area contributed by atoms with Crippen LogP contribution in [-0.2, 0) is 0 Å². The molecule has 0 atom stereocenters. The minimum atomic E-state index is 0.652. The summed E-state index contributed by atoms with van der Waals surface area (Å²) in [7, 11) is 0. The average Bonchev–Trinajstić information content (AvgIpc) is 2.49. The van der Waals surface area contributed by atoms with E-state index >= 15 is 0 Å². The first-order chi connectivity index (χ1) is 10.1. The Hall–Kier alpha value is -2.43. The fraction of sp³-hybridized carbons (Fsp3) is 0.312. The van der Waals surface area contributed by atoms with Crippen LogP contribution in [0.5, 0.6) is 0 Å². The van der Waals surface area contributed by atoms with Crippen LogP contribution in [-0.4, -0.2) is 31.2 Å². The maximum absolute atomic E-state index is 6.02. The Morgan fingerprint density at radius 1 is 0.857 bits per heavy atom. The number of nitrogens with two attached hydrogens (primary N) is 2. The summed E-state index contributed by atoms with van der Waals surface area (Å²) >= 11 is 0. The predicted octanol–water partition coefficient (Wildman–Crippen LogP) is 1.88. The molecule has 3 rings (SSSR count). The highest BCUT2D eigenvalue weighted by Crippen LogP contribution is 2.30. The van der Waals surface area contributed by atoms with Crippen LogP contribution < -0.4 is 21.3 Å². The van der Waals surface area contributed by atoms with Crippen molar-refractivity contribution in [3.05, 3.63) is 42.2 Å². The van der Waals surface area contributed by atoms with Crippen LogP contribution in [0.1, 0.15) is 5.56 Å². The van der Waals surface area contributed by atoms with Gasteiger partial charge in [0.2, 0.25) is 0 Å². The Morgan fingerprint density at radius 3 is 1.95 bits per heavy atom. The Balaban J connectivity index is 1.72. The molecular weight excluding hydrogens is 262 g/mol. The molecule has 5 heteroatoms. The van der Waals surface area contributed by atoms with E-state index in [1.165, 1.54) is 11.3 Å². The lowest BCUT2D eigenvalue weighted by molar-refractivity contribution is 0.654. The standard InChI is InChI=1S/C16H21N5/c1-12-2-4-13(5-3-12)20-6-8-21(9-7-20)16-14(17)10-19-11-15(16)18/h2-5,10-11H,6-9,17-18H2,1H3. The summed E-state index contributed by atoms with van der Waals surface area (Å²) in [6.45, 7) is 5.85. The van der Waals surface area contributed by atoms with Gasteiger partial charge in [-0.3, -0.25) is 4.98 Å². The second-order valence-corrected chi connectivity index (χ2v) is 5.48. The molecule has 1 aromatic carbocycles. The third-order valence-electron chi connectivity index (χ3n) is 3.97. The molecule has 1 saturated heterocycles. The largest absolute Gasteiger partial charge is 0.396 e. The van der Waals surface area contributed by atoms with Crippen LogP contribution in [0.3, 0.4) is 0 Å². The zero-order valence-corrected chi connectivity index (χ0v) is 12.3. The van der Waals surface area contributed by atoms with Crippen LogP contribution in [0.2, 0.25) is 0 Å². The number of hydrogen-bond donors (Lipinski definition) is 2. The Kier molecular flexibility index (Phi) is 3.56. The zero-order chi connectivity index (χ0) is 14.8. The molecule has 1 fully saturated rings. The van der Waals surface area contributed by atoms with Crippen LogP contribution in [0.4, 0.5) is 22.7 Å². The van der Waals surface area contributed by atoms with Gasteiger partial charge < -0.3 is 21.3 Å².